The smallest absolute Gasteiger partial charge is 0.338 e. The Morgan fingerprint density at radius 1 is 0.897 bits per heavy atom. The average Bonchev–Trinajstić information content (AvgIpc) is 2.73. The molecule has 0 aromatic heterocycles. The average molecular weight is 410 g/mol. The summed E-state index contributed by atoms with van der Waals surface area (Å²) in [7, 11) is 0. The molecule has 0 unspecified atom stereocenters. The number of benzene rings is 3. The lowest BCUT2D eigenvalue weighted by Crippen LogP contribution is -2.31. The van der Waals surface area contributed by atoms with Gasteiger partial charge in [-0.1, -0.05) is 78.3 Å². The minimum absolute atomic E-state index is 0.144. The van der Waals surface area contributed by atoms with Crippen molar-refractivity contribution in [3.63, 3.8) is 0 Å². The molecule has 0 aliphatic rings. The molecule has 0 aliphatic heterocycles. The maximum absolute atomic E-state index is 12.2. The van der Waals surface area contributed by atoms with Crippen molar-refractivity contribution in [3.8, 4) is 0 Å². The summed E-state index contributed by atoms with van der Waals surface area (Å²) in [6.45, 7) is 3.28. The monoisotopic (exact) mass is 409 g/mol. The number of hydrogen-bond acceptors (Lipinski definition) is 4. The third-order valence-electron chi connectivity index (χ3n) is 4.24. The highest BCUT2D eigenvalue weighted by Crippen LogP contribution is 2.14. The van der Waals surface area contributed by atoms with Gasteiger partial charge in [-0.05, 0) is 36.2 Å². The molecule has 29 heavy (non-hydrogen) atoms. The molecule has 0 heterocycles. The predicted octanol–water partition coefficient (Wildman–Crippen LogP) is 5.52. The van der Waals surface area contributed by atoms with Crippen molar-refractivity contribution in [1.82, 2.24) is 5.06 Å². The lowest BCUT2D eigenvalue weighted by molar-refractivity contribution is -0.214. The van der Waals surface area contributed by atoms with E-state index in [-0.39, 0.29) is 12.7 Å². The van der Waals surface area contributed by atoms with Gasteiger partial charge in [0.25, 0.3) is 0 Å². The van der Waals surface area contributed by atoms with Gasteiger partial charge in [0, 0.05) is 18.1 Å². The Labute approximate surface area is 176 Å². The van der Waals surface area contributed by atoms with E-state index in [1.807, 2.05) is 48.4 Å². The second kappa shape index (κ2) is 10.8. The van der Waals surface area contributed by atoms with Crippen molar-refractivity contribution in [2.45, 2.75) is 26.1 Å². The van der Waals surface area contributed by atoms with Crippen LogP contribution in [-0.2, 0) is 22.7 Å². The van der Waals surface area contributed by atoms with E-state index in [1.54, 1.807) is 24.3 Å². The number of ether oxygens (including phenoxy) is 1. The molecule has 4 nitrogen and oxygen atoms in total. The minimum atomic E-state index is -0.416. The third kappa shape index (κ3) is 7.02. The van der Waals surface area contributed by atoms with Gasteiger partial charge in [0.1, 0.15) is 12.7 Å². The fourth-order valence-corrected chi connectivity index (χ4v) is 3.07. The summed E-state index contributed by atoms with van der Waals surface area (Å²) in [4.78, 5) is 18.3. The molecule has 0 saturated carbocycles. The van der Waals surface area contributed by atoms with Crippen LogP contribution in [0.2, 0.25) is 5.02 Å². The van der Waals surface area contributed by atoms with E-state index in [9.17, 15) is 4.79 Å². The molecule has 0 bridgehead atoms. The third-order valence-corrected chi connectivity index (χ3v) is 4.48. The lowest BCUT2D eigenvalue weighted by atomic mass is 10.2. The van der Waals surface area contributed by atoms with Crippen LogP contribution >= 0.6 is 11.6 Å². The molecule has 3 aromatic carbocycles. The normalized spacial score (nSPS) is 12.0. The molecule has 0 aliphatic carbocycles. The molecular formula is C24H24ClNO3. The first-order valence-electron chi connectivity index (χ1n) is 9.52. The Hall–Kier alpha value is -2.66. The van der Waals surface area contributed by atoms with E-state index in [4.69, 9.17) is 21.2 Å². The van der Waals surface area contributed by atoms with Gasteiger partial charge in [-0.3, -0.25) is 4.84 Å². The van der Waals surface area contributed by atoms with E-state index in [2.05, 4.69) is 24.3 Å². The first-order chi connectivity index (χ1) is 14.1. The van der Waals surface area contributed by atoms with Gasteiger partial charge in [-0.25, -0.2) is 4.79 Å². The number of hydroxylamine groups is 2. The summed E-state index contributed by atoms with van der Waals surface area (Å²) in [6.07, 6.45) is -0.300. The van der Waals surface area contributed by atoms with Crippen molar-refractivity contribution >= 4 is 17.6 Å². The number of rotatable bonds is 9. The Kier molecular flexibility index (Phi) is 7.82. The molecule has 3 aromatic rings. The maximum Gasteiger partial charge on any atom is 0.338 e. The number of carbonyl (C=O) groups is 1. The molecule has 0 amide bonds. The molecule has 0 N–H and O–H groups in total. The Morgan fingerprint density at radius 2 is 1.48 bits per heavy atom. The highest BCUT2D eigenvalue weighted by atomic mass is 35.5. The zero-order valence-corrected chi connectivity index (χ0v) is 17.1. The minimum Gasteiger partial charge on any atom is -0.459 e. The van der Waals surface area contributed by atoms with Crippen LogP contribution in [-0.4, -0.2) is 23.7 Å². The van der Waals surface area contributed by atoms with E-state index >= 15 is 0 Å². The van der Waals surface area contributed by atoms with E-state index in [0.717, 1.165) is 11.1 Å². The molecule has 0 spiro atoms. The Balaban J connectivity index is 1.59. The van der Waals surface area contributed by atoms with Crippen molar-refractivity contribution in [2.24, 2.45) is 0 Å². The summed E-state index contributed by atoms with van der Waals surface area (Å²) in [5, 5.41) is 2.39. The van der Waals surface area contributed by atoms with Crippen molar-refractivity contribution in [3.05, 3.63) is 107 Å². The Morgan fingerprint density at radius 3 is 2.03 bits per heavy atom. The van der Waals surface area contributed by atoms with Gasteiger partial charge >= 0.3 is 5.97 Å². The van der Waals surface area contributed by atoms with Crippen LogP contribution in [0.25, 0.3) is 0 Å². The highest BCUT2D eigenvalue weighted by Gasteiger charge is 2.15. The molecule has 0 radical (unpaired) electrons. The molecular weight excluding hydrogens is 386 g/mol. The van der Waals surface area contributed by atoms with Gasteiger partial charge in [-0.2, -0.15) is 5.06 Å². The van der Waals surface area contributed by atoms with Crippen molar-refractivity contribution in [1.29, 1.82) is 0 Å². The van der Waals surface area contributed by atoms with Gasteiger partial charge in [-0.15, -0.1) is 0 Å². The number of halogens is 1. The summed E-state index contributed by atoms with van der Waals surface area (Å²) in [5.74, 6) is -0.416. The second-order valence-electron chi connectivity index (χ2n) is 6.79. The largest absolute Gasteiger partial charge is 0.459 e. The number of carbonyl (C=O) groups excluding carboxylic acids is 1. The van der Waals surface area contributed by atoms with Crippen LogP contribution in [0.15, 0.2) is 84.9 Å². The molecule has 0 fully saturated rings. The first-order valence-corrected chi connectivity index (χ1v) is 9.90. The molecule has 150 valence electrons. The topological polar surface area (TPSA) is 38.8 Å². The quantitative estimate of drug-likeness (QED) is 0.344. The molecule has 5 heteroatoms. The van der Waals surface area contributed by atoms with Crippen LogP contribution < -0.4 is 0 Å². The van der Waals surface area contributed by atoms with Crippen LogP contribution in [0.4, 0.5) is 0 Å². The van der Waals surface area contributed by atoms with Crippen LogP contribution in [0.5, 0.6) is 0 Å². The summed E-state index contributed by atoms with van der Waals surface area (Å²) >= 11 is 5.94. The van der Waals surface area contributed by atoms with Gasteiger partial charge in [0.2, 0.25) is 0 Å². The predicted molar refractivity (Wildman–Crippen MR) is 114 cm³/mol. The van der Waals surface area contributed by atoms with Gasteiger partial charge in [0.15, 0.2) is 0 Å². The lowest BCUT2D eigenvalue weighted by Gasteiger charge is -2.26. The number of nitrogens with zero attached hydrogens (tertiary/aromatic N) is 1. The molecule has 0 saturated heterocycles. The van der Waals surface area contributed by atoms with E-state index < -0.39 is 5.97 Å². The zero-order chi connectivity index (χ0) is 20.5. The van der Waals surface area contributed by atoms with Gasteiger partial charge in [0.05, 0.1) is 5.56 Å². The summed E-state index contributed by atoms with van der Waals surface area (Å²) in [6, 6.07) is 27.0. The zero-order valence-electron chi connectivity index (χ0n) is 16.3. The van der Waals surface area contributed by atoms with E-state index in [0.29, 0.717) is 23.7 Å². The number of hydrogen-bond donors (Lipinski definition) is 0. The SMILES string of the molecule is C[C@@H](COC(=O)c1cccc(Cl)c1)ON(Cc1ccccc1)Cc1ccccc1. The highest BCUT2D eigenvalue weighted by molar-refractivity contribution is 6.30. The first kappa shape index (κ1) is 21.1. The molecule has 1 atom stereocenters. The van der Waals surface area contributed by atoms with Crippen LogP contribution in [0, 0.1) is 0 Å². The van der Waals surface area contributed by atoms with Crippen LogP contribution in [0.3, 0.4) is 0 Å². The standard InChI is InChI=1S/C24H24ClNO3/c1-19(18-28-24(27)22-13-8-14-23(25)15-22)29-26(16-20-9-4-2-5-10-20)17-21-11-6-3-7-12-21/h2-15,19H,16-18H2,1H3/t19-/m0/s1. The summed E-state index contributed by atoms with van der Waals surface area (Å²) in [5.41, 5.74) is 2.72. The Bertz CT molecular complexity index is 861. The fourth-order valence-electron chi connectivity index (χ4n) is 2.88. The second-order valence-corrected chi connectivity index (χ2v) is 7.23. The summed E-state index contributed by atoms with van der Waals surface area (Å²) < 4.78 is 5.40. The van der Waals surface area contributed by atoms with Crippen LogP contribution in [0.1, 0.15) is 28.4 Å². The number of esters is 1. The van der Waals surface area contributed by atoms with E-state index in [1.165, 1.54) is 0 Å². The van der Waals surface area contributed by atoms with Crippen molar-refractivity contribution in [2.75, 3.05) is 6.61 Å². The maximum atomic E-state index is 12.2. The van der Waals surface area contributed by atoms with Gasteiger partial charge < -0.3 is 4.74 Å². The fraction of sp³-hybridized carbons (Fsp3) is 0.208. The molecule has 3 rings (SSSR count). The van der Waals surface area contributed by atoms with Crippen molar-refractivity contribution < 1.29 is 14.4 Å².